The SMILES string of the molecule is CCC(C)(CCO)NC(=O)NC(C)c1ccc(F)c(OC)c1. The molecule has 0 aliphatic rings. The van der Waals surface area contributed by atoms with Crippen LogP contribution >= 0.6 is 0 Å². The molecule has 0 spiro atoms. The molecule has 0 saturated heterocycles. The molecular formula is C16H25FN2O3. The zero-order valence-electron chi connectivity index (χ0n) is 13.6. The Balaban J connectivity index is 2.71. The van der Waals surface area contributed by atoms with E-state index < -0.39 is 11.4 Å². The maximum Gasteiger partial charge on any atom is 0.315 e. The number of aliphatic hydroxyl groups excluding tert-OH is 1. The number of benzene rings is 1. The number of aliphatic hydroxyl groups is 1. The van der Waals surface area contributed by atoms with Gasteiger partial charge in [-0.25, -0.2) is 9.18 Å². The lowest BCUT2D eigenvalue weighted by molar-refractivity contribution is 0.199. The van der Waals surface area contributed by atoms with Crippen molar-refractivity contribution in [2.45, 2.75) is 45.2 Å². The number of rotatable bonds is 7. The van der Waals surface area contributed by atoms with E-state index in [4.69, 9.17) is 9.84 Å². The maximum absolute atomic E-state index is 13.4. The normalized spacial score (nSPS) is 14.8. The topological polar surface area (TPSA) is 70.6 Å². The van der Waals surface area contributed by atoms with Gasteiger partial charge in [-0.2, -0.15) is 0 Å². The molecule has 2 atom stereocenters. The van der Waals surface area contributed by atoms with Crippen LogP contribution < -0.4 is 15.4 Å². The van der Waals surface area contributed by atoms with Gasteiger partial charge in [0.1, 0.15) is 0 Å². The van der Waals surface area contributed by atoms with Gasteiger partial charge in [0.05, 0.1) is 13.2 Å². The number of urea groups is 1. The fraction of sp³-hybridized carbons (Fsp3) is 0.562. The fourth-order valence-corrected chi connectivity index (χ4v) is 2.11. The first kappa shape index (κ1) is 18.2. The number of amides is 2. The van der Waals surface area contributed by atoms with E-state index in [1.54, 1.807) is 12.1 Å². The summed E-state index contributed by atoms with van der Waals surface area (Å²) in [5, 5.41) is 14.7. The quantitative estimate of drug-likeness (QED) is 0.725. The molecular weight excluding hydrogens is 287 g/mol. The summed E-state index contributed by atoms with van der Waals surface area (Å²) >= 11 is 0. The summed E-state index contributed by atoms with van der Waals surface area (Å²) in [7, 11) is 1.40. The molecule has 6 heteroatoms. The van der Waals surface area contributed by atoms with Crippen molar-refractivity contribution in [1.82, 2.24) is 10.6 Å². The van der Waals surface area contributed by atoms with Gasteiger partial charge in [0, 0.05) is 12.1 Å². The molecule has 0 aromatic heterocycles. The van der Waals surface area contributed by atoms with Gasteiger partial charge in [0.2, 0.25) is 0 Å². The van der Waals surface area contributed by atoms with Gasteiger partial charge in [-0.1, -0.05) is 13.0 Å². The highest BCUT2D eigenvalue weighted by atomic mass is 19.1. The van der Waals surface area contributed by atoms with Gasteiger partial charge in [-0.05, 0) is 44.4 Å². The lowest BCUT2D eigenvalue weighted by atomic mass is 9.95. The summed E-state index contributed by atoms with van der Waals surface area (Å²) in [5.74, 6) is -0.297. The molecule has 0 bridgehead atoms. The summed E-state index contributed by atoms with van der Waals surface area (Å²) in [6, 6.07) is 3.85. The van der Waals surface area contributed by atoms with Gasteiger partial charge in [-0.3, -0.25) is 0 Å². The molecule has 2 unspecified atom stereocenters. The fourth-order valence-electron chi connectivity index (χ4n) is 2.11. The van der Waals surface area contributed by atoms with Crippen molar-refractivity contribution in [3.8, 4) is 5.75 Å². The minimum atomic E-state index is -0.459. The van der Waals surface area contributed by atoms with E-state index in [-0.39, 0.29) is 24.4 Å². The van der Waals surface area contributed by atoms with Gasteiger partial charge in [-0.15, -0.1) is 0 Å². The summed E-state index contributed by atoms with van der Waals surface area (Å²) < 4.78 is 18.3. The summed E-state index contributed by atoms with van der Waals surface area (Å²) in [4.78, 5) is 12.1. The molecule has 1 rings (SSSR count). The number of halogens is 1. The molecule has 124 valence electrons. The third-order valence-electron chi connectivity index (χ3n) is 3.88. The van der Waals surface area contributed by atoms with E-state index in [2.05, 4.69) is 10.6 Å². The monoisotopic (exact) mass is 312 g/mol. The first-order valence-electron chi connectivity index (χ1n) is 7.38. The molecule has 0 aliphatic carbocycles. The Labute approximate surface area is 130 Å². The van der Waals surface area contributed by atoms with Gasteiger partial charge in [0.15, 0.2) is 11.6 Å². The van der Waals surface area contributed by atoms with E-state index in [0.717, 1.165) is 5.56 Å². The minimum absolute atomic E-state index is 0.00926. The Bertz CT molecular complexity index is 510. The third-order valence-corrected chi connectivity index (χ3v) is 3.88. The number of ether oxygens (including phenoxy) is 1. The lowest BCUT2D eigenvalue weighted by Gasteiger charge is -2.30. The van der Waals surface area contributed by atoms with Crippen LogP contribution in [0.5, 0.6) is 5.75 Å². The highest BCUT2D eigenvalue weighted by Crippen LogP contribution is 2.22. The number of methoxy groups -OCH3 is 1. The summed E-state index contributed by atoms with van der Waals surface area (Å²) in [6.45, 7) is 5.65. The van der Waals surface area contributed by atoms with Gasteiger partial charge >= 0.3 is 6.03 Å². The van der Waals surface area contributed by atoms with Crippen LogP contribution in [0.2, 0.25) is 0 Å². The second kappa shape index (κ2) is 7.98. The molecule has 22 heavy (non-hydrogen) atoms. The second-order valence-corrected chi connectivity index (χ2v) is 5.60. The van der Waals surface area contributed by atoms with E-state index >= 15 is 0 Å². The lowest BCUT2D eigenvalue weighted by Crippen LogP contribution is -2.50. The Morgan fingerprint density at radius 1 is 1.50 bits per heavy atom. The standard InChI is InChI=1S/C16H25FN2O3/c1-5-16(3,8-9-20)19-15(21)18-11(2)12-6-7-13(17)14(10-12)22-4/h6-7,10-11,20H,5,8-9H2,1-4H3,(H2,18,19,21). The van der Waals surface area contributed by atoms with Crippen LogP contribution in [0.4, 0.5) is 9.18 Å². The molecule has 0 saturated carbocycles. The van der Waals surface area contributed by atoms with Crippen molar-refractivity contribution in [3.05, 3.63) is 29.6 Å². The molecule has 0 heterocycles. The largest absolute Gasteiger partial charge is 0.494 e. The number of carbonyl (C=O) groups is 1. The smallest absolute Gasteiger partial charge is 0.315 e. The van der Waals surface area contributed by atoms with Crippen LogP contribution in [0.1, 0.15) is 45.2 Å². The maximum atomic E-state index is 13.4. The molecule has 3 N–H and O–H groups in total. The van der Waals surface area contributed by atoms with Crippen molar-refractivity contribution in [2.75, 3.05) is 13.7 Å². The van der Waals surface area contributed by atoms with Crippen LogP contribution in [0.3, 0.4) is 0 Å². The Morgan fingerprint density at radius 2 is 2.18 bits per heavy atom. The van der Waals surface area contributed by atoms with Crippen molar-refractivity contribution >= 4 is 6.03 Å². The van der Waals surface area contributed by atoms with Crippen LogP contribution in [0.15, 0.2) is 18.2 Å². The van der Waals surface area contributed by atoms with Crippen molar-refractivity contribution in [3.63, 3.8) is 0 Å². The van der Waals surface area contributed by atoms with Crippen LogP contribution in [0.25, 0.3) is 0 Å². The zero-order chi connectivity index (χ0) is 16.8. The highest BCUT2D eigenvalue weighted by Gasteiger charge is 2.24. The number of hydrogen-bond acceptors (Lipinski definition) is 3. The van der Waals surface area contributed by atoms with Crippen molar-refractivity contribution < 1.29 is 19.0 Å². The highest BCUT2D eigenvalue weighted by molar-refractivity contribution is 5.75. The summed E-state index contributed by atoms with van der Waals surface area (Å²) in [6.07, 6.45) is 1.19. The van der Waals surface area contributed by atoms with Gasteiger partial charge < -0.3 is 20.5 Å². The Morgan fingerprint density at radius 3 is 2.73 bits per heavy atom. The molecule has 2 amide bonds. The summed E-state index contributed by atoms with van der Waals surface area (Å²) in [5.41, 5.74) is 0.285. The number of carbonyl (C=O) groups excluding carboxylic acids is 1. The first-order valence-corrected chi connectivity index (χ1v) is 7.38. The molecule has 1 aromatic carbocycles. The Hall–Kier alpha value is -1.82. The first-order chi connectivity index (χ1) is 10.3. The number of nitrogens with one attached hydrogen (secondary N) is 2. The van der Waals surface area contributed by atoms with E-state index in [0.29, 0.717) is 12.8 Å². The molecule has 5 nitrogen and oxygen atoms in total. The molecule has 0 aliphatic heterocycles. The average Bonchev–Trinajstić information content (AvgIpc) is 2.47. The molecule has 0 radical (unpaired) electrons. The third kappa shape index (κ3) is 4.87. The van der Waals surface area contributed by atoms with Crippen molar-refractivity contribution in [1.29, 1.82) is 0 Å². The van der Waals surface area contributed by atoms with Crippen molar-refractivity contribution in [2.24, 2.45) is 0 Å². The Kier molecular flexibility index (Phi) is 6.61. The molecule has 1 aromatic rings. The number of hydrogen-bond donors (Lipinski definition) is 3. The zero-order valence-corrected chi connectivity index (χ0v) is 13.6. The van der Waals surface area contributed by atoms with Crippen LogP contribution in [-0.4, -0.2) is 30.4 Å². The van der Waals surface area contributed by atoms with Crippen LogP contribution in [0, 0.1) is 5.82 Å². The van der Waals surface area contributed by atoms with E-state index in [1.807, 2.05) is 20.8 Å². The average molecular weight is 312 g/mol. The predicted octanol–water partition coefficient (Wildman–Crippen LogP) is 2.75. The second-order valence-electron chi connectivity index (χ2n) is 5.60. The minimum Gasteiger partial charge on any atom is -0.494 e. The van der Waals surface area contributed by atoms with E-state index in [9.17, 15) is 9.18 Å². The van der Waals surface area contributed by atoms with E-state index in [1.165, 1.54) is 13.2 Å². The van der Waals surface area contributed by atoms with Gasteiger partial charge in [0.25, 0.3) is 0 Å². The van der Waals surface area contributed by atoms with Crippen LogP contribution in [-0.2, 0) is 0 Å². The molecule has 0 fully saturated rings. The predicted molar refractivity (Wildman–Crippen MR) is 83.4 cm³/mol.